The Balaban J connectivity index is 3.24. The minimum absolute atomic E-state index is 0.295. The van der Waals surface area contributed by atoms with E-state index in [0.717, 1.165) is 0 Å². The van der Waals surface area contributed by atoms with E-state index in [1.807, 2.05) is 0 Å². The molecule has 0 aliphatic carbocycles. The Morgan fingerprint density at radius 1 is 0.579 bits per heavy atom. The summed E-state index contributed by atoms with van der Waals surface area (Å²) in [5, 5.41) is 0. The van der Waals surface area contributed by atoms with Crippen molar-refractivity contribution >= 4 is 0 Å². The molecule has 6 heteroatoms. The summed E-state index contributed by atoms with van der Waals surface area (Å²) in [5.74, 6) is 0.641. The van der Waals surface area contributed by atoms with Gasteiger partial charge in [-0.05, 0) is 0 Å². The molecule has 0 saturated carbocycles. The largest absolute Gasteiger partial charge is 0.359 e. The summed E-state index contributed by atoms with van der Waals surface area (Å²) >= 11 is 0. The molecule has 0 N–H and O–H groups in total. The maximum Gasteiger partial charge on any atom is 0.146 e. The van der Waals surface area contributed by atoms with E-state index in [1.165, 1.54) is 0 Å². The summed E-state index contributed by atoms with van der Waals surface area (Å²) in [4.78, 5) is 0. The van der Waals surface area contributed by atoms with E-state index in [1.54, 1.807) is 14.2 Å². The molecule has 6 nitrogen and oxygen atoms in total. The van der Waals surface area contributed by atoms with E-state index in [9.17, 15) is 0 Å². The van der Waals surface area contributed by atoms with Crippen molar-refractivity contribution in [2.75, 3.05) is 61.0 Å². The Kier molecular flexibility index (Phi) is 14.0. The van der Waals surface area contributed by atoms with Crippen LogP contribution in [0.1, 0.15) is 13.8 Å². The van der Waals surface area contributed by atoms with E-state index < -0.39 is 0 Å². The highest BCUT2D eigenvalue weighted by molar-refractivity contribution is 4.48. The van der Waals surface area contributed by atoms with Gasteiger partial charge < -0.3 is 28.4 Å². The smallest absolute Gasteiger partial charge is 0.146 e. The zero-order valence-corrected chi connectivity index (χ0v) is 12.6. The quantitative estimate of drug-likeness (QED) is 0.355. The summed E-state index contributed by atoms with van der Waals surface area (Å²) in [6.45, 7) is 7.50. The summed E-state index contributed by atoms with van der Waals surface area (Å²) in [6.07, 6.45) is 0. The number of rotatable bonds is 14. The predicted octanol–water partition coefficient (Wildman–Crippen LogP) is 1.49. The van der Waals surface area contributed by atoms with Gasteiger partial charge in [0.15, 0.2) is 0 Å². The molecule has 0 saturated heterocycles. The molecule has 19 heavy (non-hydrogen) atoms. The van der Waals surface area contributed by atoms with Crippen LogP contribution in [-0.4, -0.2) is 61.0 Å². The highest BCUT2D eigenvalue weighted by atomic mass is 16.7. The first-order valence-corrected chi connectivity index (χ1v) is 6.49. The molecular formula is C13H28O6. The van der Waals surface area contributed by atoms with Crippen LogP contribution < -0.4 is 0 Å². The minimum Gasteiger partial charge on any atom is -0.359 e. The van der Waals surface area contributed by atoms with Gasteiger partial charge in [-0.25, -0.2) is 0 Å². The van der Waals surface area contributed by atoms with E-state index in [2.05, 4.69) is 13.8 Å². The summed E-state index contributed by atoms with van der Waals surface area (Å²) in [6, 6.07) is 0. The molecule has 0 amide bonds. The first-order valence-electron chi connectivity index (χ1n) is 6.49. The first kappa shape index (κ1) is 18.8. The monoisotopic (exact) mass is 280 g/mol. The van der Waals surface area contributed by atoms with Crippen molar-refractivity contribution < 1.29 is 28.4 Å². The van der Waals surface area contributed by atoms with E-state index in [0.29, 0.717) is 58.6 Å². The number of hydrogen-bond donors (Lipinski definition) is 0. The van der Waals surface area contributed by atoms with Crippen LogP contribution in [-0.2, 0) is 28.4 Å². The third kappa shape index (κ3) is 14.0. The predicted molar refractivity (Wildman–Crippen MR) is 70.8 cm³/mol. The van der Waals surface area contributed by atoms with Gasteiger partial charge in [0, 0.05) is 26.1 Å². The van der Waals surface area contributed by atoms with Crippen LogP contribution >= 0.6 is 0 Å². The van der Waals surface area contributed by atoms with Crippen LogP contribution in [0.3, 0.4) is 0 Å². The standard InChI is InChI=1S/C13H28O6/c1-12(5-16-9-14-3)7-18-11-19-8-13(2)6-17-10-15-4/h12-13H,5-11H2,1-4H3. The Bertz CT molecular complexity index is 161. The number of ether oxygens (including phenoxy) is 6. The van der Waals surface area contributed by atoms with Gasteiger partial charge in [-0.1, -0.05) is 13.8 Å². The maximum absolute atomic E-state index is 5.39. The molecule has 0 bridgehead atoms. The number of methoxy groups -OCH3 is 2. The van der Waals surface area contributed by atoms with Gasteiger partial charge in [-0.2, -0.15) is 0 Å². The van der Waals surface area contributed by atoms with Crippen molar-refractivity contribution in [3.8, 4) is 0 Å². The highest BCUT2D eigenvalue weighted by Gasteiger charge is 2.04. The third-order valence-corrected chi connectivity index (χ3v) is 2.18. The molecule has 0 fully saturated rings. The molecular weight excluding hydrogens is 252 g/mol. The van der Waals surface area contributed by atoms with Crippen molar-refractivity contribution in [1.29, 1.82) is 0 Å². The summed E-state index contributed by atoms with van der Waals surface area (Å²) in [7, 11) is 3.21. The van der Waals surface area contributed by atoms with E-state index >= 15 is 0 Å². The molecule has 0 aliphatic heterocycles. The molecule has 0 radical (unpaired) electrons. The fraction of sp³-hybridized carbons (Fsp3) is 1.00. The van der Waals surface area contributed by atoms with Crippen LogP contribution in [0.25, 0.3) is 0 Å². The van der Waals surface area contributed by atoms with Crippen LogP contribution in [0, 0.1) is 11.8 Å². The van der Waals surface area contributed by atoms with Gasteiger partial charge in [-0.15, -0.1) is 0 Å². The van der Waals surface area contributed by atoms with E-state index in [-0.39, 0.29) is 0 Å². The van der Waals surface area contributed by atoms with Gasteiger partial charge in [0.05, 0.1) is 26.4 Å². The zero-order chi connectivity index (χ0) is 14.3. The van der Waals surface area contributed by atoms with Gasteiger partial charge in [0.1, 0.15) is 20.4 Å². The molecule has 2 atom stereocenters. The first-order chi connectivity index (χ1) is 9.20. The topological polar surface area (TPSA) is 55.4 Å². The molecule has 116 valence electrons. The molecule has 2 unspecified atom stereocenters. The molecule has 0 aromatic heterocycles. The van der Waals surface area contributed by atoms with Gasteiger partial charge in [0.25, 0.3) is 0 Å². The number of hydrogen-bond acceptors (Lipinski definition) is 6. The molecule has 0 rings (SSSR count). The van der Waals surface area contributed by atoms with E-state index in [4.69, 9.17) is 28.4 Å². The Morgan fingerprint density at radius 3 is 1.21 bits per heavy atom. The van der Waals surface area contributed by atoms with Crippen LogP contribution in [0.15, 0.2) is 0 Å². The normalized spacial score (nSPS) is 14.5. The second-order valence-corrected chi connectivity index (χ2v) is 4.62. The lowest BCUT2D eigenvalue weighted by molar-refractivity contribution is -0.0993. The third-order valence-electron chi connectivity index (χ3n) is 2.18. The fourth-order valence-corrected chi connectivity index (χ4v) is 1.32. The molecule has 0 aliphatic rings. The van der Waals surface area contributed by atoms with Crippen LogP contribution in [0.4, 0.5) is 0 Å². The van der Waals surface area contributed by atoms with Crippen molar-refractivity contribution in [2.45, 2.75) is 13.8 Å². The lowest BCUT2D eigenvalue weighted by Gasteiger charge is -2.14. The average molecular weight is 280 g/mol. The molecule has 0 spiro atoms. The van der Waals surface area contributed by atoms with Crippen molar-refractivity contribution in [3.63, 3.8) is 0 Å². The van der Waals surface area contributed by atoms with Crippen molar-refractivity contribution in [3.05, 3.63) is 0 Å². The van der Waals surface area contributed by atoms with Crippen molar-refractivity contribution in [2.24, 2.45) is 11.8 Å². The molecule has 0 aromatic rings. The Labute approximate surface area is 116 Å². The molecule has 0 heterocycles. The Hall–Kier alpha value is -0.240. The SMILES string of the molecule is COCOCC(C)COCOCC(C)COCOC. The van der Waals surface area contributed by atoms with Gasteiger partial charge in [-0.3, -0.25) is 0 Å². The lowest BCUT2D eigenvalue weighted by atomic mass is 10.2. The average Bonchev–Trinajstić information content (AvgIpc) is 2.39. The highest BCUT2D eigenvalue weighted by Crippen LogP contribution is 2.00. The van der Waals surface area contributed by atoms with Gasteiger partial charge >= 0.3 is 0 Å². The second-order valence-electron chi connectivity index (χ2n) is 4.62. The second kappa shape index (κ2) is 14.2. The lowest BCUT2D eigenvalue weighted by Crippen LogP contribution is -2.18. The van der Waals surface area contributed by atoms with Crippen LogP contribution in [0.2, 0.25) is 0 Å². The maximum atomic E-state index is 5.39. The zero-order valence-electron chi connectivity index (χ0n) is 12.6. The summed E-state index contributed by atoms with van der Waals surface area (Å²) < 4.78 is 30.8. The van der Waals surface area contributed by atoms with Crippen LogP contribution in [0.5, 0.6) is 0 Å². The van der Waals surface area contributed by atoms with Gasteiger partial charge in [0.2, 0.25) is 0 Å². The summed E-state index contributed by atoms with van der Waals surface area (Å²) in [5.41, 5.74) is 0. The van der Waals surface area contributed by atoms with Crippen molar-refractivity contribution in [1.82, 2.24) is 0 Å². The fourth-order valence-electron chi connectivity index (χ4n) is 1.32. The molecule has 0 aromatic carbocycles. The Morgan fingerprint density at radius 2 is 0.895 bits per heavy atom. The minimum atomic E-state index is 0.295.